The van der Waals surface area contributed by atoms with Crippen molar-refractivity contribution in [2.45, 2.75) is 13.8 Å². The number of terminal acetylenes is 1. The highest BCUT2D eigenvalue weighted by Crippen LogP contribution is 2.36. The second-order valence-electron chi connectivity index (χ2n) is 7.21. The summed E-state index contributed by atoms with van der Waals surface area (Å²) in [5, 5.41) is 2.46. The van der Waals surface area contributed by atoms with E-state index in [0.29, 0.717) is 19.9 Å². The number of amides is 1. The van der Waals surface area contributed by atoms with Gasteiger partial charge in [-0.3, -0.25) is 9.80 Å². The summed E-state index contributed by atoms with van der Waals surface area (Å²) in [5.74, 6) is 0.839. The molecule has 172 valence electrons. The third kappa shape index (κ3) is 8.79. The summed E-state index contributed by atoms with van der Waals surface area (Å²) >= 11 is 0. The summed E-state index contributed by atoms with van der Waals surface area (Å²) in [6.07, 6.45) is 6.39. The minimum atomic E-state index is -0.395. The number of hydrogen-bond acceptors (Lipinski definition) is 7. The van der Waals surface area contributed by atoms with E-state index in [1.54, 1.807) is 19.1 Å². The zero-order valence-electron chi connectivity index (χ0n) is 19.6. The molecule has 0 aromatic heterocycles. The average Bonchev–Trinajstić information content (AvgIpc) is 2.77. The molecule has 0 saturated carbocycles. The first-order valence-corrected chi connectivity index (χ1v) is 10.2. The largest absolute Gasteiger partial charge is 0.490 e. The second-order valence-corrected chi connectivity index (χ2v) is 7.21. The number of methoxy groups -OCH3 is 1. The van der Waals surface area contributed by atoms with E-state index in [-0.39, 0.29) is 6.61 Å². The summed E-state index contributed by atoms with van der Waals surface area (Å²) < 4.78 is 16.1. The third-order valence-electron chi connectivity index (χ3n) is 4.45. The molecule has 8 heteroatoms. The van der Waals surface area contributed by atoms with Crippen molar-refractivity contribution in [2.75, 3.05) is 77.6 Å². The number of anilines is 2. The van der Waals surface area contributed by atoms with Crippen molar-refractivity contribution in [3.8, 4) is 18.2 Å². The van der Waals surface area contributed by atoms with E-state index < -0.39 is 6.09 Å². The summed E-state index contributed by atoms with van der Waals surface area (Å²) in [7, 11) is 7.10. The molecule has 1 aromatic carbocycles. The van der Waals surface area contributed by atoms with Crippen LogP contribution in [0.4, 0.5) is 16.2 Å². The molecular formula is C23H36N4O4. The predicted octanol–water partition coefficient (Wildman–Crippen LogP) is 2.76. The molecular weight excluding hydrogens is 396 g/mol. The van der Waals surface area contributed by atoms with Gasteiger partial charge in [0, 0.05) is 26.7 Å². The summed E-state index contributed by atoms with van der Waals surface area (Å²) in [4.78, 5) is 18.4. The van der Waals surface area contributed by atoms with Gasteiger partial charge >= 0.3 is 6.09 Å². The van der Waals surface area contributed by atoms with Gasteiger partial charge in [0.1, 0.15) is 19.0 Å². The minimum absolute atomic E-state index is 0.222. The topological polar surface area (TPSA) is 66.5 Å². The first-order valence-electron chi connectivity index (χ1n) is 10.2. The van der Waals surface area contributed by atoms with Crippen molar-refractivity contribution < 1.29 is 19.0 Å². The molecule has 0 saturated heterocycles. The van der Waals surface area contributed by atoms with Crippen LogP contribution in [0.2, 0.25) is 0 Å². The number of nitrogens with one attached hydrogen (secondary N) is 1. The minimum Gasteiger partial charge on any atom is -0.490 e. The predicted molar refractivity (Wildman–Crippen MR) is 126 cm³/mol. The molecule has 0 aliphatic carbocycles. The Kier molecular flexibility index (Phi) is 12.0. The van der Waals surface area contributed by atoms with Crippen LogP contribution in [0, 0.1) is 12.5 Å². The molecule has 0 spiro atoms. The number of rotatable bonds is 8. The molecule has 1 aliphatic heterocycles. The van der Waals surface area contributed by atoms with E-state index in [0.717, 1.165) is 30.2 Å². The molecule has 0 unspecified atom stereocenters. The van der Waals surface area contributed by atoms with Gasteiger partial charge in [-0.15, -0.1) is 0 Å². The van der Waals surface area contributed by atoms with E-state index in [2.05, 4.69) is 35.7 Å². The maximum atomic E-state index is 12.6. The summed E-state index contributed by atoms with van der Waals surface area (Å²) in [6.45, 7) is 7.47. The van der Waals surface area contributed by atoms with Crippen LogP contribution in [0.3, 0.4) is 0 Å². The maximum Gasteiger partial charge on any atom is 0.415 e. The van der Waals surface area contributed by atoms with Gasteiger partial charge in [-0.25, -0.2) is 4.79 Å². The van der Waals surface area contributed by atoms with Crippen LogP contribution < -0.4 is 19.9 Å². The molecule has 0 fully saturated rings. The first-order chi connectivity index (χ1) is 14.9. The van der Waals surface area contributed by atoms with Crippen LogP contribution in [0.1, 0.15) is 13.8 Å². The Morgan fingerprint density at radius 3 is 2.68 bits per heavy atom. The molecule has 1 amide bonds. The summed E-state index contributed by atoms with van der Waals surface area (Å²) in [5.41, 5.74) is 3.06. The number of hydrogen-bond donors (Lipinski definition) is 1. The number of nitrogens with zero attached hydrogens (tertiary/aromatic N) is 3. The molecule has 2 rings (SSSR count). The Labute approximate surface area is 186 Å². The first kappa shape index (κ1) is 26.1. The lowest BCUT2D eigenvalue weighted by molar-refractivity contribution is 0.101. The standard InChI is InChI=1S/C20H31N3O4.C3H5N/c1-6-16(2)14-22-9-10-26-19-8-7-17(13-18(19)22)23(15-21(3)4)20(24)27-12-11-25-5;1-3-4-2/h6-8,13H,9-12,14-15H2,1-5H3;1,4H,2H3/b16-6+;. The third-order valence-corrected chi connectivity index (χ3v) is 4.45. The lowest BCUT2D eigenvalue weighted by Crippen LogP contribution is -2.40. The molecule has 1 aromatic rings. The second kappa shape index (κ2) is 14.2. The number of fused-ring (bicyclic) bond motifs is 1. The molecule has 0 radical (unpaired) electrons. The van der Waals surface area contributed by atoms with Crippen molar-refractivity contribution in [1.82, 2.24) is 10.2 Å². The van der Waals surface area contributed by atoms with Gasteiger partial charge in [0.15, 0.2) is 0 Å². The Balaban J connectivity index is 0.00000110. The SMILES string of the molecule is C#CNC.C/C=C(\C)CN1CCOc2ccc(N(CN(C)C)C(=O)OCCOC)cc21. The fourth-order valence-corrected chi connectivity index (χ4v) is 2.80. The number of carbonyl (C=O) groups excluding carboxylic acids is 1. The molecule has 31 heavy (non-hydrogen) atoms. The lowest BCUT2D eigenvalue weighted by Gasteiger charge is -2.33. The maximum absolute atomic E-state index is 12.6. The van der Waals surface area contributed by atoms with E-state index in [9.17, 15) is 4.79 Å². The van der Waals surface area contributed by atoms with Crippen molar-refractivity contribution >= 4 is 17.5 Å². The molecule has 0 bridgehead atoms. The van der Waals surface area contributed by atoms with E-state index in [1.807, 2.05) is 44.1 Å². The number of allylic oxidation sites excluding steroid dienone is 1. The molecule has 0 atom stereocenters. The van der Waals surface area contributed by atoms with E-state index >= 15 is 0 Å². The van der Waals surface area contributed by atoms with Crippen LogP contribution in [-0.2, 0) is 9.47 Å². The molecule has 1 heterocycles. The number of ether oxygens (including phenoxy) is 3. The Morgan fingerprint density at radius 1 is 1.39 bits per heavy atom. The highest BCUT2D eigenvalue weighted by molar-refractivity contribution is 5.89. The van der Waals surface area contributed by atoms with Crippen molar-refractivity contribution in [3.05, 3.63) is 29.8 Å². The van der Waals surface area contributed by atoms with Crippen LogP contribution in [0.5, 0.6) is 5.75 Å². The number of benzene rings is 1. The van der Waals surface area contributed by atoms with E-state index in [1.165, 1.54) is 5.57 Å². The van der Waals surface area contributed by atoms with Crippen LogP contribution in [-0.4, -0.2) is 78.8 Å². The van der Waals surface area contributed by atoms with Crippen LogP contribution >= 0.6 is 0 Å². The quantitative estimate of drug-likeness (QED) is 0.223. The van der Waals surface area contributed by atoms with Gasteiger partial charge in [-0.05, 0) is 46.1 Å². The Morgan fingerprint density at radius 2 is 2.10 bits per heavy atom. The molecule has 1 aliphatic rings. The molecule has 1 N–H and O–H groups in total. The van der Waals surface area contributed by atoms with Crippen LogP contribution in [0.15, 0.2) is 29.8 Å². The van der Waals surface area contributed by atoms with Gasteiger partial charge in [0.25, 0.3) is 0 Å². The van der Waals surface area contributed by atoms with Crippen LogP contribution in [0.25, 0.3) is 0 Å². The van der Waals surface area contributed by atoms with Crippen molar-refractivity contribution in [1.29, 1.82) is 0 Å². The fourth-order valence-electron chi connectivity index (χ4n) is 2.80. The monoisotopic (exact) mass is 432 g/mol. The number of carbonyl (C=O) groups is 1. The Hall–Kier alpha value is -2.89. The zero-order chi connectivity index (χ0) is 23.2. The zero-order valence-corrected chi connectivity index (χ0v) is 19.6. The lowest BCUT2D eigenvalue weighted by atomic mass is 10.1. The highest BCUT2D eigenvalue weighted by atomic mass is 16.6. The molecule has 8 nitrogen and oxygen atoms in total. The van der Waals surface area contributed by atoms with Gasteiger partial charge in [0.2, 0.25) is 0 Å². The normalized spacial score (nSPS) is 12.7. The highest BCUT2D eigenvalue weighted by Gasteiger charge is 2.23. The van der Waals surface area contributed by atoms with Crippen molar-refractivity contribution in [3.63, 3.8) is 0 Å². The summed E-state index contributed by atoms with van der Waals surface area (Å²) in [6, 6.07) is 8.00. The van der Waals surface area contributed by atoms with Crippen molar-refractivity contribution in [2.24, 2.45) is 0 Å². The van der Waals surface area contributed by atoms with Gasteiger partial charge in [0.05, 0.1) is 31.2 Å². The van der Waals surface area contributed by atoms with Gasteiger partial charge in [-0.1, -0.05) is 18.1 Å². The van der Waals surface area contributed by atoms with Gasteiger partial charge < -0.3 is 24.4 Å². The van der Waals surface area contributed by atoms with E-state index in [4.69, 9.17) is 14.2 Å². The van der Waals surface area contributed by atoms with Gasteiger partial charge in [-0.2, -0.15) is 0 Å². The fraction of sp³-hybridized carbons (Fsp3) is 0.522. The average molecular weight is 433 g/mol. The smallest absolute Gasteiger partial charge is 0.415 e. The Bertz CT molecular complexity index is 758.